The van der Waals surface area contributed by atoms with E-state index in [2.05, 4.69) is 10.3 Å². The van der Waals surface area contributed by atoms with Gasteiger partial charge in [0.25, 0.3) is 5.91 Å². The van der Waals surface area contributed by atoms with E-state index in [4.69, 9.17) is 13.8 Å². The van der Waals surface area contributed by atoms with Crippen molar-refractivity contribution in [2.75, 3.05) is 7.05 Å². The largest absolute Gasteiger partial charge is 0.486 e. The first-order chi connectivity index (χ1) is 13.3. The Morgan fingerprint density at radius 1 is 1.25 bits per heavy atom. The number of rotatable bonds is 6. The second-order valence-corrected chi connectivity index (χ2v) is 6.01. The van der Waals surface area contributed by atoms with E-state index >= 15 is 0 Å². The number of hydrogen-bond acceptors (Lipinski definition) is 6. The van der Waals surface area contributed by atoms with E-state index in [1.165, 1.54) is 29.4 Å². The van der Waals surface area contributed by atoms with Gasteiger partial charge in [-0.1, -0.05) is 16.4 Å². The fraction of sp³-hybridized carbons (Fsp3) is 0.278. The van der Waals surface area contributed by atoms with Crippen LogP contribution in [0, 0.1) is 0 Å². The number of aromatic nitrogens is 2. The lowest BCUT2D eigenvalue weighted by Crippen LogP contribution is -2.30. The third-order valence-corrected chi connectivity index (χ3v) is 4.11. The Balaban J connectivity index is 1.63. The van der Waals surface area contributed by atoms with Crippen molar-refractivity contribution in [2.24, 2.45) is 0 Å². The summed E-state index contributed by atoms with van der Waals surface area (Å²) in [5, 5.41) is 7.49. The van der Waals surface area contributed by atoms with Crippen LogP contribution in [0.2, 0.25) is 0 Å². The van der Waals surface area contributed by atoms with Crippen molar-refractivity contribution in [1.29, 1.82) is 0 Å². The number of ether oxygens (including phenoxy) is 1. The average Bonchev–Trinajstić information content (AvgIpc) is 3.36. The number of amides is 1. The number of alkyl halides is 3. The van der Waals surface area contributed by atoms with Crippen molar-refractivity contribution >= 4 is 5.91 Å². The van der Waals surface area contributed by atoms with Crippen molar-refractivity contribution in [3.05, 3.63) is 65.4 Å². The molecule has 148 valence electrons. The summed E-state index contributed by atoms with van der Waals surface area (Å²) in [6, 6.07) is 7.14. The SMILES string of the molecule is C[C@@H](c1ccon1)N(C)C(=O)c1cc(COc2cccc(C(F)(F)F)c2)on1. The van der Waals surface area contributed by atoms with Gasteiger partial charge in [-0.3, -0.25) is 4.79 Å². The van der Waals surface area contributed by atoms with Gasteiger partial charge in [0.05, 0.1) is 11.6 Å². The zero-order valence-electron chi connectivity index (χ0n) is 14.9. The number of carbonyl (C=O) groups excluding carboxylic acids is 1. The van der Waals surface area contributed by atoms with Gasteiger partial charge in [-0.2, -0.15) is 13.2 Å². The minimum Gasteiger partial charge on any atom is -0.486 e. The maximum atomic E-state index is 12.7. The average molecular weight is 395 g/mol. The smallest absolute Gasteiger partial charge is 0.416 e. The van der Waals surface area contributed by atoms with Crippen LogP contribution in [0.25, 0.3) is 0 Å². The summed E-state index contributed by atoms with van der Waals surface area (Å²) in [6.45, 7) is 1.59. The Morgan fingerprint density at radius 2 is 2.04 bits per heavy atom. The Hall–Kier alpha value is -3.30. The molecule has 28 heavy (non-hydrogen) atoms. The lowest BCUT2D eigenvalue weighted by molar-refractivity contribution is -0.137. The van der Waals surface area contributed by atoms with Crippen LogP contribution in [-0.2, 0) is 12.8 Å². The highest BCUT2D eigenvalue weighted by atomic mass is 19.4. The molecule has 3 aromatic rings. The van der Waals surface area contributed by atoms with Gasteiger partial charge < -0.3 is 18.7 Å². The van der Waals surface area contributed by atoms with Gasteiger partial charge in [0.1, 0.15) is 24.3 Å². The highest BCUT2D eigenvalue weighted by Crippen LogP contribution is 2.31. The second kappa shape index (κ2) is 7.75. The van der Waals surface area contributed by atoms with Crippen LogP contribution in [0.4, 0.5) is 13.2 Å². The predicted molar refractivity (Wildman–Crippen MR) is 89.3 cm³/mol. The van der Waals surface area contributed by atoms with Gasteiger partial charge in [0.2, 0.25) is 0 Å². The molecule has 2 heterocycles. The summed E-state index contributed by atoms with van der Waals surface area (Å²) in [7, 11) is 1.58. The molecular weight excluding hydrogens is 379 g/mol. The van der Waals surface area contributed by atoms with Crippen molar-refractivity contribution in [2.45, 2.75) is 25.7 Å². The topological polar surface area (TPSA) is 81.6 Å². The standard InChI is InChI=1S/C18H16F3N3O4/c1-11(15-6-7-27-22-15)24(2)17(25)16-9-14(28-23-16)10-26-13-5-3-4-12(8-13)18(19,20)21/h3-9,11H,10H2,1-2H3/t11-/m0/s1. The summed E-state index contributed by atoms with van der Waals surface area (Å²) in [5.74, 6) is -0.191. The molecule has 0 aliphatic heterocycles. The van der Waals surface area contributed by atoms with Crippen LogP contribution < -0.4 is 4.74 Å². The number of carbonyl (C=O) groups is 1. The number of nitrogens with zero attached hydrogens (tertiary/aromatic N) is 3. The molecule has 3 rings (SSSR count). The van der Waals surface area contributed by atoms with Crippen LogP contribution in [0.1, 0.15) is 40.5 Å². The molecule has 2 aromatic heterocycles. The molecule has 0 radical (unpaired) electrons. The second-order valence-electron chi connectivity index (χ2n) is 6.01. The first kappa shape index (κ1) is 19.5. The lowest BCUT2D eigenvalue weighted by Gasteiger charge is -2.21. The highest BCUT2D eigenvalue weighted by molar-refractivity contribution is 5.92. The quantitative estimate of drug-likeness (QED) is 0.625. The fourth-order valence-electron chi connectivity index (χ4n) is 2.39. The molecule has 1 atom stereocenters. The van der Waals surface area contributed by atoms with E-state index in [0.29, 0.717) is 5.69 Å². The van der Waals surface area contributed by atoms with E-state index in [-0.39, 0.29) is 29.9 Å². The Labute approximate surface area is 157 Å². The van der Waals surface area contributed by atoms with E-state index in [1.807, 2.05) is 0 Å². The monoisotopic (exact) mass is 395 g/mol. The molecule has 0 spiro atoms. The molecule has 0 unspecified atom stereocenters. The van der Waals surface area contributed by atoms with E-state index in [1.54, 1.807) is 20.0 Å². The Morgan fingerprint density at radius 3 is 2.71 bits per heavy atom. The number of halogens is 3. The minimum atomic E-state index is -4.46. The first-order valence-electron chi connectivity index (χ1n) is 8.19. The van der Waals surface area contributed by atoms with Gasteiger partial charge >= 0.3 is 6.18 Å². The zero-order chi connectivity index (χ0) is 20.3. The van der Waals surface area contributed by atoms with E-state index in [9.17, 15) is 18.0 Å². The van der Waals surface area contributed by atoms with Gasteiger partial charge in [0, 0.05) is 19.2 Å². The third kappa shape index (κ3) is 4.33. The van der Waals surface area contributed by atoms with Crippen LogP contribution in [0.15, 0.2) is 51.7 Å². The lowest BCUT2D eigenvalue weighted by atomic mass is 10.2. The molecule has 0 saturated heterocycles. The zero-order valence-corrected chi connectivity index (χ0v) is 14.9. The molecule has 10 heteroatoms. The molecule has 0 aliphatic carbocycles. The van der Waals surface area contributed by atoms with Crippen LogP contribution in [0.3, 0.4) is 0 Å². The van der Waals surface area contributed by atoms with Gasteiger partial charge in [-0.25, -0.2) is 0 Å². The van der Waals surface area contributed by atoms with Crippen molar-refractivity contribution in [1.82, 2.24) is 15.2 Å². The normalized spacial score (nSPS) is 12.6. The molecule has 1 aromatic carbocycles. The van der Waals surface area contributed by atoms with Crippen LogP contribution >= 0.6 is 0 Å². The van der Waals surface area contributed by atoms with Crippen molar-refractivity contribution in [3.63, 3.8) is 0 Å². The predicted octanol–water partition coefficient (Wildman–Crippen LogP) is 4.09. The number of benzene rings is 1. The summed E-state index contributed by atoms with van der Waals surface area (Å²) < 4.78 is 53.3. The fourth-order valence-corrected chi connectivity index (χ4v) is 2.39. The summed E-state index contributed by atoms with van der Waals surface area (Å²) in [4.78, 5) is 13.9. The maximum absolute atomic E-state index is 12.7. The maximum Gasteiger partial charge on any atom is 0.416 e. The highest BCUT2D eigenvalue weighted by Gasteiger charge is 2.30. The molecular formula is C18H16F3N3O4. The summed E-state index contributed by atoms with van der Waals surface area (Å²) in [6.07, 6.45) is -3.06. The molecule has 7 nitrogen and oxygen atoms in total. The summed E-state index contributed by atoms with van der Waals surface area (Å²) >= 11 is 0. The van der Waals surface area contributed by atoms with E-state index in [0.717, 1.165) is 12.1 Å². The summed E-state index contributed by atoms with van der Waals surface area (Å²) in [5.41, 5.74) is -0.199. The third-order valence-electron chi connectivity index (χ3n) is 4.11. The Bertz CT molecular complexity index is 938. The first-order valence-corrected chi connectivity index (χ1v) is 8.19. The molecule has 1 amide bonds. The van der Waals surface area contributed by atoms with Gasteiger partial charge in [0.15, 0.2) is 11.5 Å². The molecule has 0 aliphatic rings. The van der Waals surface area contributed by atoms with Gasteiger partial charge in [-0.05, 0) is 25.1 Å². The number of hydrogen-bond donors (Lipinski definition) is 0. The van der Waals surface area contributed by atoms with Crippen LogP contribution in [0.5, 0.6) is 5.75 Å². The molecule has 0 bridgehead atoms. The molecule has 0 saturated carbocycles. The molecule has 0 N–H and O–H groups in total. The van der Waals surface area contributed by atoms with Crippen LogP contribution in [-0.4, -0.2) is 28.2 Å². The Kier molecular flexibility index (Phi) is 5.39. The molecule has 0 fully saturated rings. The van der Waals surface area contributed by atoms with Gasteiger partial charge in [-0.15, -0.1) is 0 Å². The van der Waals surface area contributed by atoms with E-state index < -0.39 is 17.6 Å². The van der Waals surface area contributed by atoms with Crippen molar-refractivity contribution in [3.8, 4) is 5.75 Å². The van der Waals surface area contributed by atoms with Crippen molar-refractivity contribution < 1.29 is 31.7 Å². The minimum absolute atomic E-state index is 0.0240.